The quantitative estimate of drug-likeness (QED) is 0.664. The van der Waals surface area contributed by atoms with Crippen molar-refractivity contribution in [3.8, 4) is 22.7 Å². The number of fused-ring (bicyclic) bond motifs is 2. The average Bonchev–Trinajstić information content (AvgIpc) is 3.37. The lowest BCUT2D eigenvalue weighted by Crippen LogP contribution is -2.56. The monoisotopic (exact) mass is 407 g/mol. The SMILES string of the molecule is CN(c1ccc(-c2ccc(-n3cnnc3)cc2O)nn1)[C@H]1C[C@@H]2C=C[C@H]([C@H]1F)N2C. The minimum atomic E-state index is -0.995. The van der Waals surface area contributed by atoms with E-state index in [1.165, 1.54) is 0 Å². The molecule has 0 aliphatic carbocycles. The highest BCUT2D eigenvalue weighted by Crippen LogP contribution is 2.35. The number of hydrogen-bond donors (Lipinski definition) is 1. The number of rotatable bonds is 4. The molecule has 0 radical (unpaired) electrons. The summed E-state index contributed by atoms with van der Waals surface area (Å²) in [6, 6.07) is 8.65. The van der Waals surface area contributed by atoms with E-state index in [-0.39, 0.29) is 23.9 Å². The molecule has 0 saturated carbocycles. The predicted octanol–water partition coefficient (Wildman–Crippen LogP) is 2.22. The van der Waals surface area contributed by atoms with Crippen LogP contribution in [0.1, 0.15) is 6.42 Å². The smallest absolute Gasteiger partial charge is 0.151 e. The molecule has 1 saturated heterocycles. The van der Waals surface area contributed by atoms with Crippen molar-refractivity contribution >= 4 is 5.82 Å². The third kappa shape index (κ3) is 3.02. The van der Waals surface area contributed by atoms with Crippen LogP contribution in [0.15, 0.2) is 55.1 Å². The van der Waals surface area contributed by atoms with E-state index in [0.717, 1.165) is 5.69 Å². The Balaban J connectivity index is 1.36. The van der Waals surface area contributed by atoms with Crippen LogP contribution >= 0.6 is 0 Å². The zero-order chi connectivity index (χ0) is 20.8. The van der Waals surface area contributed by atoms with Crippen LogP contribution in [-0.4, -0.2) is 73.4 Å². The largest absolute Gasteiger partial charge is 0.507 e. The number of benzene rings is 1. The van der Waals surface area contributed by atoms with E-state index in [9.17, 15) is 5.11 Å². The molecule has 30 heavy (non-hydrogen) atoms. The molecule has 1 N–H and O–H groups in total. The van der Waals surface area contributed by atoms with Gasteiger partial charge < -0.3 is 10.0 Å². The van der Waals surface area contributed by atoms with Gasteiger partial charge in [0.05, 0.1) is 23.5 Å². The van der Waals surface area contributed by atoms with Gasteiger partial charge in [0.1, 0.15) is 24.6 Å². The second-order valence-electron chi connectivity index (χ2n) is 7.81. The van der Waals surface area contributed by atoms with Gasteiger partial charge in [-0.05, 0) is 37.7 Å². The minimum Gasteiger partial charge on any atom is -0.507 e. The minimum absolute atomic E-state index is 0.0818. The zero-order valence-electron chi connectivity index (χ0n) is 16.7. The number of phenols is 1. The number of anilines is 1. The first-order valence-electron chi connectivity index (χ1n) is 9.82. The van der Waals surface area contributed by atoms with E-state index >= 15 is 4.39 Å². The van der Waals surface area contributed by atoms with Gasteiger partial charge in [-0.15, -0.1) is 20.4 Å². The van der Waals surface area contributed by atoms with Gasteiger partial charge in [-0.3, -0.25) is 9.47 Å². The molecule has 4 atom stereocenters. The molecule has 0 amide bonds. The normalized spacial score (nSPS) is 25.6. The van der Waals surface area contributed by atoms with Crippen LogP contribution in [0.25, 0.3) is 16.9 Å². The Hall–Kier alpha value is -3.33. The lowest BCUT2D eigenvalue weighted by Gasteiger charge is -2.43. The zero-order valence-corrected chi connectivity index (χ0v) is 16.7. The Kier molecular flexibility index (Phi) is 4.47. The van der Waals surface area contributed by atoms with E-state index in [2.05, 4.69) is 31.4 Å². The Labute approximate surface area is 173 Å². The summed E-state index contributed by atoms with van der Waals surface area (Å²) in [6.07, 6.45) is 6.88. The van der Waals surface area contributed by atoms with E-state index in [1.54, 1.807) is 35.4 Å². The van der Waals surface area contributed by atoms with Crippen molar-refractivity contribution < 1.29 is 9.50 Å². The van der Waals surface area contributed by atoms with Crippen LogP contribution < -0.4 is 4.90 Å². The Bertz CT molecular complexity index is 1070. The summed E-state index contributed by atoms with van der Waals surface area (Å²) in [5, 5.41) is 26.6. The molecule has 8 nitrogen and oxygen atoms in total. The van der Waals surface area contributed by atoms with Crippen molar-refractivity contribution in [3.05, 3.63) is 55.1 Å². The summed E-state index contributed by atoms with van der Waals surface area (Å²) in [4.78, 5) is 3.95. The number of nitrogens with zero attached hydrogens (tertiary/aromatic N) is 7. The van der Waals surface area contributed by atoms with Gasteiger partial charge >= 0.3 is 0 Å². The molecule has 0 unspecified atom stereocenters. The maximum atomic E-state index is 15.1. The molecule has 2 bridgehead atoms. The number of hydrogen-bond acceptors (Lipinski definition) is 7. The molecular formula is C21H22FN7O. The Morgan fingerprint density at radius 3 is 2.60 bits per heavy atom. The van der Waals surface area contributed by atoms with Gasteiger partial charge in [0, 0.05) is 24.7 Å². The van der Waals surface area contributed by atoms with Crippen molar-refractivity contribution in [2.24, 2.45) is 0 Å². The Morgan fingerprint density at radius 2 is 1.90 bits per heavy atom. The molecule has 4 heterocycles. The number of piperidine rings is 1. The molecule has 2 aromatic heterocycles. The molecule has 9 heteroatoms. The highest BCUT2D eigenvalue weighted by molar-refractivity contribution is 5.69. The number of aromatic hydroxyl groups is 1. The molecule has 3 aromatic rings. The van der Waals surface area contributed by atoms with Crippen molar-refractivity contribution in [3.63, 3.8) is 0 Å². The van der Waals surface area contributed by atoms with Crippen LogP contribution in [0.4, 0.5) is 10.2 Å². The fraction of sp³-hybridized carbons (Fsp3) is 0.333. The van der Waals surface area contributed by atoms with E-state index in [1.807, 2.05) is 37.2 Å². The molecule has 154 valence electrons. The molecule has 2 aliphatic rings. The molecule has 0 spiro atoms. The van der Waals surface area contributed by atoms with Crippen molar-refractivity contribution in [2.45, 2.75) is 30.7 Å². The summed E-state index contributed by atoms with van der Waals surface area (Å²) >= 11 is 0. The maximum Gasteiger partial charge on any atom is 0.151 e. The lowest BCUT2D eigenvalue weighted by atomic mass is 9.94. The number of alkyl halides is 1. The lowest BCUT2D eigenvalue weighted by molar-refractivity contribution is 0.0825. The Morgan fingerprint density at radius 1 is 1.10 bits per heavy atom. The van der Waals surface area contributed by atoms with Gasteiger partial charge in [-0.25, -0.2) is 4.39 Å². The summed E-state index contributed by atoms with van der Waals surface area (Å²) in [6.45, 7) is 0. The third-order valence-corrected chi connectivity index (χ3v) is 6.18. The second kappa shape index (κ2) is 7.17. The second-order valence-corrected chi connectivity index (χ2v) is 7.81. The van der Waals surface area contributed by atoms with Crippen LogP contribution in [0.5, 0.6) is 5.75 Å². The summed E-state index contributed by atoms with van der Waals surface area (Å²) in [5.41, 5.74) is 1.85. The highest BCUT2D eigenvalue weighted by Gasteiger charge is 2.44. The fourth-order valence-electron chi connectivity index (χ4n) is 4.35. The standard InChI is InChI=1S/C21H22FN7O/c1-27-13-4-7-17(27)21(22)18(9-13)28(2)20-8-6-16(25-26-20)15-5-3-14(10-19(15)30)29-11-23-24-12-29/h3-8,10-13,17-18,21,30H,9H2,1-2H3/t13-,17+,18-,21+/m0/s1. The van der Waals surface area contributed by atoms with Crippen LogP contribution in [0, 0.1) is 0 Å². The first-order valence-corrected chi connectivity index (χ1v) is 9.82. The highest BCUT2D eigenvalue weighted by atomic mass is 19.1. The van der Waals surface area contributed by atoms with Gasteiger partial charge in [0.15, 0.2) is 5.82 Å². The van der Waals surface area contributed by atoms with Gasteiger partial charge in [-0.2, -0.15) is 0 Å². The fourth-order valence-corrected chi connectivity index (χ4v) is 4.35. The first kappa shape index (κ1) is 18.7. The van der Waals surface area contributed by atoms with Crippen LogP contribution in [0.3, 0.4) is 0 Å². The molecular weight excluding hydrogens is 385 g/mol. The van der Waals surface area contributed by atoms with Crippen molar-refractivity contribution in [1.82, 2.24) is 29.9 Å². The third-order valence-electron chi connectivity index (χ3n) is 6.18. The predicted molar refractivity (Wildman–Crippen MR) is 110 cm³/mol. The van der Waals surface area contributed by atoms with Gasteiger partial charge in [0.25, 0.3) is 0 Å². The number of halogens is 1. The molecule has 2 aliphatic heterocycles. The van der Waals surface area contributed by atoms with Gasteiger partial charge in [0.2, 0.25) is 0 Å². The van der Waals surface area contributed by atoms with Crippen LogP contribution in [-0.2, 0) is 0 Å². The van der Waals surface area contributed by atoms with Crippen molar-refractivity contribution in [1.29, 1.82) is 0 Å². The van der Waals surface area contributed by atoms with E-state index in [4.69, 9.17) is 0 Å². The molecule has 5 rings (SSSR count). The van der Waals surface area contributed by atoms with Gasteiger partial charge in [-0.1, -0.05) is 12.2 Å². The van der Waals surface area contributed by atoms with E-state index in [0.29, 0.717) is 23.5 Å². The van der Waals surface area contributed by atoms with E-state index < -0.39 is 6.17 Å². The number of aromatic nitrogens is 5. The topological polar surface area (TPSA) is 83.2 Å². The summed E-state index contributed by atoms with van der Waals surface area (Å²) < 4.78 is 16.7. The first-order chi connectivity index (χ1) is 14.5. The summed E-state index contributed by atoms with van der Waals surface area (Å²) in [7, 11) is 3.82. The number of likely N-dealkylation sites (N-methyl/N-ethyl adjacent to an activating group) is 1. The molecule has 1 fully saturated rings. The van der Waals surface area contributed by atoms with Crippen molar-refractivity contribution in [2.75, 3.05) is 19.0 Å². The number of phenolic OH excluding ortho intramolecular Hbond substituents is 1. The average molecular weight is 407 g/mol. The van der Waals surface area contributed by atoms with Crippen LogP contribution in [0.2, 0.25) is 0 Å². The molecule has 1 aromatic carbocycles. The summed E-state index contributed by atoms with van der Waals surface area (Å²) in [5.74, 6) is 0.689. The maximum absolute atomic E-state index is 15.1.